The predicted octanol–water partition coefficient (Wildman–Crippen LogP) is 2.33. The minimum atomic E-state index is -0.339. The smallest absolute Gasteiger partial charge is 0.225 e. The van der Waals surface area contributed by atoms with Crippen molar-refractivity contribution in [2.75, 3.05) is 13.1 Å². The number of likely N-dealkylation sites (tertiary alicyclic amines) is 1. The minimum absolute atomic E-state index is 0.100. The van der Waals surface area contributed by atoms with Crippen LogP contribution in [-0.4, -0.2) is 35.8 Å². The van der Waals surface area contributed by atoms with E-state index in [2.05, 4.69) is 12.2 Å². The maximum Gasteiger partial charge on any atom is 0.225 e. The Morgan fingerprint density at radius 2 is 1.79 bits per heavy atom. The van der Waals surface area contributed by atoms with Crippen LogP contribution in [0.3, 0.4) is 0 Å². The van der Waals surface area contributed by atoms with Crippen LogP contribution in [0.25, 0.3) is 0 Å². The van der Waals surface area contributed by atoms with Gasteiger partial charge in [0, 0.05) is 31.0 Å². The zero-order chi connectivity index (χ0) is 14.5. The molecule has 0 saturated carbocycles. The summed E-state index contributed by atoms with van der Waals surface area (Å²) in [5, 5.41) is 3.08. The van der Waals surface area contributed by atoms with Gasteiger partial charge in [0.2, 0.25) is 11.8 Å². The Morgan fingerprint density at radius 1 is 1.21 bits per heavy atom. The number of hydrogen-bond acceptors (Lipinski definition) is 2. The highest BCUT2D eigenvalue weighted by Gasteiger charge is 2.27. The third-order valence-electron chi connectivity index (χ3n) is 3.61. The lowest BCUT2D eigenvalue weighted by atomic mass is 9.94. The van der Waals surface area contributed by atoms with E-state index >= 15 is 0 Å². The van der Waals surface area contributed by atoms with Crippen LogP contribution in [0.4, 0.5) is 0 Å². The van der Waals surface area contributed by atoms with Crippen molar-refractivity contribution in [1.82, 2.24) is 10.2 Å². The molecule has 1 aliphatic rings. The normalized spacial score (nSPS) is 17.4. The number of nitrogens with zero attached hydrogens (tertiary/aromatic N) is 1. The number of nitrogens with one attached hydrogen (secondary N) is 1. The summed E-state index contributed by atoms with van der Waals surface area (Å²) in [4.78, 5) is 25.7. The van der Waals surface area contributed by atoms with Crippen LogP contribution in [0.2, 0.25) is 0 Å². The molecule has 2 amide bonds. The van der Waals surface area contributed by atoms with Gasteiger partial charge in [-0.05, 0) is 19.3 Å². The second-order valence-electron chi connectivity index (χ2n) is 6.48. The van der Waals surface area contributed by atoms with E-state index in [1.54, 1.807) is 0 Å². The fraction of sp³-hybridized carbons (Fsp3) is 0.867. The van der Waals surface area contributed by atoms with Crippen LogP contribution in [0, 0.1) is 5.41 Å². The average Bonchev–Trinajstić information content (AvgIpc) is 2.35. The summed E-state index contributed by atoms with van der Waals surface area (Å²) in [6, 6.07) is 0.224. The van der Waals surface area contributed by atoms with Gasteiger partial charge in [-0.25, -0.2) is 0 Å². The first-order valence-corrected chi connectivity index (χ1v) is 7.43. The number of unbranched alkanes of at least 4 members (excludes halogenated alkanes) is 1. The van der Waals surface area contributed by atoms with Crippen molar-refractivity contribution in [1.29, 1.82) is 0 Å². The molecule has 1 aliphatic heterocycles. The maximum atomic E-state index is 11.9. The molecule has 0 aromatic carbocycles. The summed E-state index contributed by atoms with van der Waals surface area (Å²) < 4.78 is 0. The summed E-state index contributed by atoms with van der Waals surface area (Å²) in [7, 11) is 0. The van der Waals surface area contributed by atoms with Crippen LogP contribution in [-0.2, 0) is 9.59 Å². The average molecular weight is 268 g/mol. The molecule has 0 aliphatic carbocycles. The maximum absolute atomic E-state index is 11.9. The second kappa shape index (κ2) is 6.92. The third-order valence-corrected chi connectivity index (χ3v) is 3.61. The van der Waals surface area contributed by atoms with E-state index in [0.717, 1.165) is 38.8 Å². The second-order valence-corrected chi connectivity index (χ2v) is 6.48. The Labute approximate surface area is 116 Å². The lowest BCUT2D eigenvalue weighted by molar-refractivity contribution is -0.133. The van der Waals surface area contributed by atoms with Gasteiger partial charge in [-0.15, -0.1) is 0 Å². The van der Waals surface area contributed by atoms with Gasteiger partial charge in [0.15, 0.2) is 0 Å². The monoisotopic (exact) mass is 268 g/mol. The van der Waals surface area contributed by atoms with Crippen molar-refractivity contribution in [2.24, 2.45) is 5.41 Å². The molecule has 4 nitrogen and oxygen atoms in total. The molecule has 1 N–H and O–H groups in total. The quantitative estimate of drug-likeness (QED) is 0.850. The summed E-state index contributed by atoms with van der Waals surface area (Å²) in [5.41, 5.74) is -0.339. The summed E-state index contributed by atoms with van der Waals surface area (Å²) in [5.74, 6) is 0.366. The number of rotatable bonds is 4. The number of carbonyl (C=O) groups excluding carboxylic acids is 2. The van der Waals surface area contributed by atoms with E-state index < -0.39 is 0 Å². The van der Waals surface area contributed by atoms with Crippen molar-refractivity contribution in [3.63, 3.8) is 0 Å². The van der Waals surface area contributed by atoms with Gasteiger partial charge < -0.3 is 10.2 Å². The molecule has 1 saturated heterocycles. The fourth-order valence-corrected chi connectivity index (χ4v) is 2.16. The number of piperidine rings is 1. The van der Waals surface area contributed by atoms with Crippen LogP contribution >= 0.6 is 0 Å². The minimum Gasteiger partial charge on any atom is -0.353 e. The van der Waals surface area contributed by atoms with Gasteiger partial charge in [0.25, 0.3) is 0 Å². The lowest BCUT2D eigenvalue weighted by Gasteiger charge is -2.33. The third kappa shape index (κ3) is 5.21. The van der Waals surface area contributed by atoms with Gasteiger partial charge in [-0.3, -0.25) is 9.59 Å². The number of carbonyl (C=O) groups is 2. The van der Waals surface area contributed by atoms with Crippen LogP contribution < -0.4 is 5.32 Å². The van der Waals surface area contributed by atoms with E-state index in [0.29, 0.717) is 6.42 Å². The lowest BCUT2D eigenvalue weighted by Crippen LogP contribution is -2.48. The van der Waals surface area contributed by atoms with Crippen molar-refractivity contribution in [2.45, 2.75) is 65.8 Å². The fourth-order valence-electron chi connectivity index (χ4n) is 2.16. The van der Waals surface area contributed by atoms with Gasteiger partial charge in [-0.1, -0.05) is 34.1 Å². The molecular weight excluding hydrogens is 240 g/mol. The van der Waals surface area contributed by atoms with Crippen molar-refractivity contribution >= 4 is 11.8 Å². The first-order valence-electron chi connectivity index (χ1n) is 7.43. The van der Waals surface area contributed by atoms with Crippen molar-refractivity contribution in [3.8, 4) is 0 Å². The molecule has 19 heavy (non-hydrogen) atoms. The highest BCUT2D eigenvalue weighted by Crippen LogP contribution is 2.17. The molecule has 0 spiro atoms. The molecule has 0 aromatic rings. The van der Waals surface area contributed by atoms with Crippen LogP contribution in [0.1, 0.15) is 59.8 Å². The van der Waals surface area contributed by atoms with Crippen molar-refractivity contribution in [3.05, 3.63) is 0 Å². The molecule has 110 valence electrons. The molecule has 0 radical (unpaired) electrons. The Kier molecular flexibility index (Phi) is 5.83. The molecule has 0 unspecified atom stereocenters. The van der Waals surface area contributed by atoms with E-state index in [4.69, 9.17) is 0 Å². The number of amides is 2. The molecule has 0 bridgehead atoms. The zero-order valence-electron chi connectivity index (χ0n) is 12.8. The highest BCUT2D eigenvalue weighted by molar-refractivity contribution is 5.81. The largest absolute Gasteiger partial charge is 0.353 e. The van der Waals surface area contributed by atoms with Gasteiger partial charge in [-0.2, -0.15) is 0 Å². The highest BCUT2D eigenvalue weighted by atomic mass is 16.2. The van der Waals surface area contributed by atoms with Gasteiger partial charge >= 0.3 is 0 Å². The summed E-state index contributed by atoms with van der Waals surface area (Å²) >= 11 is 0. The SMILES string of the molecule is CCCCC(=O)N1CCC(NC(=O)C(C)(C)C)CC1. The first kappa shape index (κ1) is 16.0. The molecular formula is C15H28N2O2. The Morgan fingerprint density at radius 3 is 2.26 bits per heavy atom. The van der Waals surface area contributed by atoms with E-state index in [9.17, 15) is 9.59 Å². The van der Waals surface area contributed by atoms with Gasteiger partial charge in [0.05, 0.1) is 0 Å². The Balaban J connectivity index is 2.33. The molecule has 1 fully saturated rings. The Hall–Kier alpha value is -1.06. The molecule has 0 atom stereocenters. The molecule has 1 rings (SSSR count). The van der Waals surface area contributed by atoms with Crippen molar-refractivity contribution < 1.29 is 9.59 Å². The van der Waals surface area contributed by atoms with Gasteiger partial charge in [0.1, 0.15) is 0 Å². The molecule has 0 aromatic heterocycles. The summed E-state index contributed by atoms with van der Waals surface area (Å²) in [6.07, 6.45) is 4.44. The number of hydrogen-bond donors (Lipinski definition) is 1. The first-order chi connectivity index (χ1) is 8.84. The summed E-state index contributed by atoms with van der Waals surface area (Å²) in [6.45, 7) is 9.42. The van der Waals surface area contributed by atoms with E-state index in [1.807, 2.05) is 25.7 Å². The van der Waals surface area contributed by atoms with E-state index in [-0.39, 0.29) is 23.3 Å². The predicted molar refractivity (Wildman–Crippen MR) is 76.7 cm³/mol. The Bertz CT molecular complexity index is 313. The molecule has 1 heterocycles. The van der Waals surface area contributed by atoms with E-state index in [1.165, 1.54) is 0 Å². The molecule has 4 heteroatoms. The standard InChI is InChI=1S/C15H28N2O2/c1-5-6-7-13(18)17-10-8-12(9-11-17)16-14(19)15(2,3)4/h12H,5-11H2,1-4H3,(H,16,19). The zero-order valence-corrected chi connectivity index (χ0v) is 12.8. The topological polar surface area (TPSA) is 49.4 Å². The van der Waals surface area contributed by atoms with Crippen LogP contribution in [0.15, 0.2) is 0 Å². The van der Waals surface area contributed by atoms with Crippen LogP contribution in [0.5, 0.6) is 0 Å².